The van der Waals surface area contributed by atoms with Gasteiger partial charge in [-0.1, -0.05) is 38.5 Å². The van der Waals surface area contributed by atoms with Crippen LogP contribution < -0.4 is 27.0 Å². The smallest absolute Gasteiger partial charge is 0.251 e. The summed E-state index contributed by atoms with van der Waals surface area (Å²) in [5.74, 6) is 2.82. The van der Waals surface area contributed by atoms with E-state index in [1.54, 1.807) is 12.1 Å². The molecule has 11 heteroatoms. The highest BCUT2D eigenvalue weighted by Gasteiger charge is 2.17. The predicted molar refractivity (Wildman–Crippen MR) is 163 cm³/mol. The highest BCUT2D eigenvalue weighted by Crippen LogP contribution is 2.25. The van der Waals surface area contributed by atoms with Crippen LogP contribution in [0, 0.1) is 11.8 Å². The Morgan fingerprint density at radius 1 is 0.732 bits per heavy atom. The molecule has 0 aliphatic heterocycles. The molecular formula is C30H48N8O3. The number of carbonyl (C=O) groups is 1. The predicted octanol–water partition coefficient (Wildman–Crippen LogP) is 4.32. The van der Waals surface area contributed by atoms with E-state index in [1.165, 1.54) is 64.2 Å². The fourth-order valence-electron chi connectivity index (χ4n) is 5.42. The van der Waals surface area contributed by atoms with Gasteiger partial charge >= 0.3 is 0 Å². The summed E-state index contributed by atoms with van der Waals surface area (Å²) < 4.78 is 10.7. The van der Waals surface area contributed by atoms with Gasteiger partial charge in [-0.25, -0.2) is 0 Å². The lowest BCUT2D eigenvalue weighted by Crippen LogP contribution is -2.27. The zero-order valence-corrected chi connectivity index (χ0v) is 24.3. The maximum atomic E-state index is 12.5. The molecule has 0 unspecified atom stereocenters. The van der Waals surface area contributed by atoms with Gasteiger partial charge in [0.15, 0.2) is 0 Å². The molecule has 41 heavy (non-hydrogen) atoms. The molecule has 2 fully saturated rings. The number of amides is 1. The van der Waals surface area contributed by atoms with E-state index in [0.29, 0.717) is 74.8 Å². The first-order valence-electron chi connectivity index (χ1n) is 15.4. The molecule has 2 aliphatic rings. The Balaban J connectivity index is 1.30. The zero-order valence-electron chi connectivity index (χ0n) is 24.3. The molecule has 2 aliphatic carbocycles. The molecule has 0 saturated heterocycles. The molecule has 0 bridgehead atoms. The second-order valence-corrected chi connectivity index (χ2v) is 11.0. The molecule has 226 valence electrons. The molecule has 0 radical (unpaired) electrons. The highest BCUT2D eigenvalue weighted by molar-refractivity contribution is 5.94. The Bertz CT molecular complexity index is 987. The summed E-state index contributed by atoms with van der Waals surface area (Å²) in [5, 5.41) is 13.1. The lowest BCUT2D eigenvalue weighted by Gasteiger charge is -2.23. The van der Waals surface area contributed by atoms with Crippen LogP contribution in [-0.4, -0.2) is 73.5 Å². The van der Waals surface area contributed by atoms with Crippen LogP contribution in [0.25, 0.3) is 0 Å². The minimum absolute atomic E-state index is 0.150. The van der Waals surface area contributed by atoms with Crippen LogP contribution in [0.15, 0.2) is 24.3 Å². The first-order valence-corrected chi connectivity index (χ1v) is 15.4. The summed E-state index contributed by atoms with van der Waals surface area (Å²) in [6.45, 7) is 4.59. The quantitative estimate of drug-likeness (QED) is 0.175. The van der Waals surface area contributed by atoms with Crippen LogP contribution in [-0.2, 0) is 9.47 Å². The van der Waals surface area contributed by atoms with Gasteiger partial charge in [-0.05, 0) is 61.8 Å². The van der Waals surface area contributed by atoms with Crippen molar-refractivity contribution in [2.75, 3.05) is 68.6 Å². The number of aromatic nitrogens is 3. The number of carbonyl (C=O) groups excluding carboxylic acids is 1. The highest BCUT2D eigenvalue weighted by atomic mass is 16.5. The van der Waals surface area contributed by atoms with Crippen molar-refractivity contribution in [1.29, 1.82) is 0 Å². The molecule has 1 heterocycles. The van der Waals surface area contributed by atoms with Crippen LogP contribution in [0.4, 0.5) is 23.5 Å². The average Bonchev–Trinajstić information content (AvgIpc) is 3.01. The summed E-state index contributed by atoms with van der Waals surface area (Å²) in [6, 6.07) is 7.28. The Labute approximate surface area is 244 Å². The fraction of sp³-hybridized carbons (Fsp3) is 0.667. The summed E-state index contributed by atoms with van der Waals surface area (Å²) in [5.41, 5.74) is 6.75. The summed E-state index contributed by atoms with van der Waals surface area (Å²) in [4.78, 5) is 26.5. The molecular weight excluding hydrogens is 520 g/mol. The van der Waals surface area contributed by atoms with Crippen molar-refractivity contribution in [2.45, 2.75) is 64.2 Å². The molecule has 2 aromatic rings. The van der Waals surface area contributed by atoms with Crippen LogP contribution >= 0.6 is 0 Å². The van der Waals surface area contributed by atoms with E-state index in [-0.39, 0.29) is 5.91 Å². The number of anilines is 4. The van der Waals surface area contributed by atoms with Gasteiger partial charge < -0.3 is 36.5 Å². The third kappa shape index (κ3) is 11.4. The van der Waals surface area contributed by atoms with Crippen molar-refractivity contribution >= 4 is 29.4 Å². The van der Waals surface area contributed by atoms with Crippen LogP contribution in [0.1, 0.15) is 74.6 Å². The SMILES string of the molecule is NCCOCCOCCNC(=O)c1ccc(Nc2nc(NCC3CCCCC3)nc(NCC3CCCCC3)n2)cc1. The Kier molecular flexibility index (Phi) is 13.4. The van der Waals surface area contributed by atoms with Crippen molar-refractivity contribution < 1.29 is 14.3 Å². The molecule has 1 aromatic carbocycles. The number of rotatable bonds is 17. The second kappa shape index (κ2) is 17.7. The molecule has 4 rings (SSSR count). The fourth-order valence-corrected chi connectivity index (χ4v) is 5.42. The molecule has 1 amide bonds. The van der Waals surface area contributed by atoms with E-state index in [1.807, 2.05) is 12.1 Å². The topological polar surface area (TPSA) is 148 Å². The maximum Gasteiger partial charge on any atom is 0.251 e. The standard InChI is InChI=1S/C30H48N8O3/c31-15-17-40-19-20-41-18-16-32-27(39)25-11-13-26(14-12-25)35-30-37-28(33-21-23-7-3-1-4-8-23)36-29(38-30)34-22-24-9-5-2-6-10-24/h11-14,23-24H,1-10,15-22,31H2,(H,32,39)(H3,33,34,35,36,37,38). The number of nitrogens with two attached hydrogens (primary N) is 1. The summed E-state index contributed by atoms with van der Waals surface area (Å²) in [6.07, 6.45) is 12.9. The second-order valence-electron chi connectivity index (χ2n) is 11.0. The van der Waals surface area contributed by atoms with E-state index in [2.05, 4.69) is 36.2 Å². The summed E-state index contributed by atoms with van der Waals surface area (Å²) in [7, 11) is 0. The van der Waals surface area contributed by atoms with E-state index >= 15 is 0 Å². The van der Waals surface area contributed by atoms with Crippen LogP contribution in [0.5, 0.6) is 0 Å². The number of hydrogen-bond donors (Lipinski definition) is 5. The lowest BCUT2D eigenvalue weighted by atomic mass is 9.89. The number of benzene rings is 1. The van der Waals surface area contributed by atoms with Crippen molar-refractivity contribution in [3.63, 3.8) is 0 Å². The van der Waals surface area contributed by atoms with Gasteiger partial charge in [0.25, 0.3) is 5.91 Å². The Morgan fingerprint density at radius 3 is 1.83 bits per heavy atom. The van der Waals surface area contributed by atoms with Crippen molar-refractivity contribution in [3.05, 3.63) is 29.8 Å². The van der Waals surface area contributed by atoms with Crippen molar-refractivity contribution in [2.24, 2.45) is 17.6 Å². The Morgan fingerprint density at radius 2 is 1.27 bits per heavy atom. The van der Waals surface area contributed by atoms with E-state index in [0.717, 1.165) is 18.8 Å². The molecule has 0 spiro atoms. The molecule has 1 aromatic heterocycles. The minimum atomic E-state index is -0.150. The Hall–Kier alpha value is -3.02. The molecule has 2 saturated carbocycles. The third-order valence-electron chi connectivity index (χ3n) is 7.75. The minimum Gasteiger partial charge on any atom is -0.378 e. The molecule has 11 nitrogen and oxygen atoms in total. The first kappa shape index (κ1) is 30.9. The van der Waals surface area contributed by atoms with Gasteiger partial charge in [0.1, 0.15) is 0 Å². The van der Waals surface area contributed by atoms with Crippen molar-refractivity contribution in [1.82, 2.24) is 20.3 Å². The number of nitrogens with one attached hydrogen (secondary N) is 4. The van der Waals surface area contributed by atoms with Gasteiger partial charge in [-0.3, -0.25) is 4.79 Å². The van der Waals surface area contributed by atoms with Gasteiger partial charge in [-0.15, -0.1) is 0 Å². The van der Waals surface area contributed by atoms with Crippen molar-refractivity contribution in [3.8, 4) is 0 Å². The molecule has 0 atom stereocenters. The normalized spacial score (nSPS) is 16.3. The monoisotopic (exact) mass is 568 g/mol. The van der Waals surface area contributed by atoms with E-state index in [4.69, 9.17) is 15.2 Å². The zero-order chi connectivity index (χ0) is 28.5. The molecule has 6 N–H and O–H groups in total. The first-order chi connectivity index (χ1) is 20.2. The average molecular weight is 569 g/mol. The van der Waals surface area contributed by atoms with Crippen LogP contribution in [0.2, 0.25) is 0 Å². The summed E-state index contributed by atoms with van der Waals surface area (Å²) >= 11 is 0. The number of nitrogens with zero attached hydrogens (tertiary/aromatic N) is 3. The maximum absolute atomic E-state index is 12.5. The van der Waals surface area contributed by atoms with Crippen LogP contribution in [0.3, 0.4) is 0 Å². The largest absolute Gasteiger partial charge is 0.378 e. The van der Waals surface area contributed by atoms with Gasteiger partial charge in [0.05, 0.1) is 26.4 Å². The van der Waals surface area contributed by atoms with E-state index in [9.17, 15) is 4.79 Å². The third-order valence-corrected chi connectivity index (χ3v) is 7.75. The number of ether oxygens (including phenoxy) is 2. The van der Waals surface area contributed by atoms with Gasteiger partial charge in [0, 0.05) is 37.4 Å². The lowest BCUT2D eigenvalue weighted by molar-refractivity contribution is 0.0511. The van der Waals surface area contributed by atoms with E-state index < -0.39 is 0 Å². The number of hydrogen-bond acceptors (Lipinski definition) is 10. The van der Waals surface area contributed by atoms with Gasteiger partial charge in [0.2, 0.25) is 17.8 Å². The van der Waals surface area contributed by atoms with Gasteiger partial charge in [-0.2, -0.15) is 15.0 Å².